The van der Waals surface area contributed by atoms with E-state index >= 15 is 0 Å². The number of carbonyl (C=O) groups is 1. The molecule has 1 fully saturated rings. The van der Waals surface area contributed by atoms with Crippen molar-refractivity contribution in [1.82, 2.24) is 9.80 Å². The number of amides is 1. The average molecular weight is 347 g/mol. The third-order valence-corrected chi connectivity index (χ3v) is 4.43. The molecule has 132 valence electrons. The highest BCUT2D eigenvalue weighted by Gasteiger charge is 2.19. The number of hydrogen-bond donors (Lipinski definition) is 1. The van der Waals surface area contributed by atoms with E-state index in [0.717, 1.165) is 30.8 Å². The minimum atomic E-state index is -0.00985. The summed E-state index contributed by atoms with van der Waals surface area (Å²) in [4.78, 5) is 16.5. The van der Waals surface area contributed by atoms with Crippen LogP contribution in [0.25, 0.3) is 6.08 Å². The molecule has 1 amide bonds. The van der Waals surface area contributed by atoms with Crippen molar-refractivity contribution in [3.05, 3.63) is 71.3 Å². The molecule has 2 aromatic rings. The SMILES string of the molecule is N#Cc1cccc(/C=C/C(=O)N2CCN(Cc3cccc(O)c3)CC2)c1. The summed E-state index contributed by atoms with van der Waals surface area (Å²) < 4.78 is 0. The van der Waals surface area contributed by atoms with Gasteiger partial charge in [-0.1, -0.05) is 24.3 Å². The summed E-state index contributed by atoms with van der Waals surface area (Å²) in [5.41, 5.74) is 2.50. The molecule has 1 heterocycles. The molecule has 0 spiro atoms. The van der Waals surface area contributed by atoms with Crippen molar-refractivity contribution in [3.63, 3.8) is 0 Å². The van der Waals surface area contributed by atoms with Crippen LogP contribution in [0.2, 0.25) is 0 Å². The van der Waals surface area contributed by atoms with Crippen molar-refractivity contribution in [1.29, 1.82) is 5.26 Å². The number of nitriles is 1. The quantitative estimate of drug-likeness (QED) is 0.864. The van der Waals surface area contributed by atoms with Gasteiger partial charge in [0, 0.05) is 38.8 Å². The zero-order chi connectivity index (χ0) is 18.4. The number of benzene rings is 2. The lowest BCUT2D eigenvalue weighted by Gasteiger charge is -2.34. The van der Waals surface area contributed by atoms with Gasteiger partial charge < -0.3 is 10.0 Å². The van der Waals surface area contributed by atoms with Crippen molar-refractivity contribution in [2.45, 2.75) is 6.54 Å². The van der Waals surface area contributed by atoms with E-state index in [2.05, 4.69) is 11.0 Å². The number of phenols is 1. The maximum atomic E-state index is 12.4. The summed E-state index contributed by atoms with van der Waals surface area (Å²) in [6.07, 6.45) is 3.32. The van der Waals surface area contributed by atoms with Gasteiger partial charge in [0.15, 0.2) is 0 Å². The molecular formula is C21H21N3O2. The zero-order valence-corrected chi connectivity index (χ0v) is 14.5. The average Bonchev–Trinajstić information content (AvgIpc) is 2.67. The van der Waals surface area contributed by atoms with Gasteiger partial charge in [-0.15, -0.1) is 0 Å². The maximum Gasteiger partial charge on any atom is 0.246 e. The summed E-state index contributed by atoms with van der Waals surface area (Å²) in [5.74, 6) is 0.270. The summed E-state index contributed by atoms with van der Waals surface area (Å²) in [5, 5.41) is 18.5. The van der Waals surface area contributed by atoms with Crippen molar-refractivity contribution >= 4 is 12.0 Å². The summed E-state index contributed by atoms with van der Waals surface area (Å²) >= 11 is 0. The minimum absolute atomic E-state index is 0.00985. The third kappa shape index (κ3) is 4.71. The maximum absolute atomic E-state index is 12.4. The number of nitrogens with zero attached hydrogens (tertiary/aromatic N) is 3. The molecule has 0 unspecified atom stereocenters. The van der Waals surface area contributed by atoms with Crippen LogP contribution in [0, 0.1) is 11.3 Å². The van der Waals surface area contributed by atoms with Crippen LogP contribution >= 0.6 is 0 Å². The Bertz CT molecular complexity index is 846. The Balaban J connectivity index is 1.51. The molecule has 1 aliphatic rings. The second-order valence-corrected chi connectivity index (χ2v) is 6.34. The van der Waals surface area contributed by atoms with Gasteiger partial charge in [-0.3, -0.25) is 9.69 Å². The largest absolute Gasteiger partial charge is 0.508 e. The number of hydrogen-bond acceptors (Lipinski definition) is 4. The highest BCUT2D eigenvalue weighted by atomic mass is 16.3. The van der Waals surface area contributed by atoms with E-state index in [9.17, 15) is 9.90 Å². The summed E-state index contributed by atoms with van der Waals surface area (Å²) in [7, 11) is 0. The Morgan fingerprint density at radius 3 is 2.62 bits per heavy atom. The van der Waals surface area contributed by atoms with E-state index in [1.54, 1.807) is 36.4 Å². The molecule has 0 aliphatic carbocycles. The highest BCUT2D eigenvalue weighted by molar-refractivity contribution is 5.91. The first kappa shape index (κ1) is 17.7. The molecule has 1 aliphatic heterocycles. The lowest BCUT2D eigenvalue weighted by Crippen LogP contribution is -2.47. The van der Waals surface area contributed by atoms with Gasteiger partial charge in [-0.25, -0.2) is 0 Å². The van der Waals surface area contributed by atoms with Crippen molar-refractivity contribution in [2.24, 2.45) is 0 Å². The molecule has 1 N–H and O–H groups in total. The van der Waals surface area contributed by atoms with Crippen LogP contribution in [-0.4, -0.2) is 47.0 Å². The number of rotatable bonds is 4. The van der Waals surface area contributed by atoms with E-state index in [-0.39, 0.29) is 11.7 Å². The number of aromatic hydroxyl groups is 1. The Hall–Kier alpha value is -3.10. The van der Waals surface area contributed by atoms with E-state index in [0.29, 0.717) is 18.7 Å². The monoisotopic (exact) mass is 347 g/mol. The van der Waals surface area contributed by atoms with Crippen molar-refractivity contribution in [3.8, 4) is 11.8 Å². The molecule has 5 nitrogen and oxygen atoms in total. The Labute approximate surface area is 153 Å². The second kappa shape index (κ2) is 8.32. The molecule has 0 saturated carbocycles. The molecule has 5 heteroatoms. The Morgan fingerprint density at radius 2 is 1.88 bits per heavy atom. The van der Waals surface area contributed by atoms with Crippen molar-refractivity contribution < 1.29 is 9.90 Å². The zero-order valence-electron chi connectivity index (χ0n) is 14.5. The minimum Gasteiger partial charge on any atom is -0.508 e. The lowest BCUT2D eigenvalue weighted by molar-refractivity contribution is -0.127. The first-order valence-electron chi connectivity index (χ1n) is 8.61. The van der Waals surface area contributed by atoms with Gasteiger partial charge in [0.05, 0.1) is 11.6 Å². The molecule has 3 rings (SSSR count). The Morgan fingerprint density at radius 1 is 1.12 bits per heavy atom. The van der Waals surface area contributed by atoms with Crippen LogP contribution in [0.1, 0.15) is 16.7 Å². The van der Waals surface area contributed by atoms with Crippen LogP contribution in [-0.2, 0) is 11.3 Å². The summed E-state index contributed by atoms with van der Waals surface area (Å²) in [6, 6.07) is 16.6. The van der Waals surface area contributed by atoms with Gasteiger partial charge >= 0.3 is 0 Å². The van der Waals surface area contributed by atoms with E-state index in [4.69, 9.17) is 5.26 Å². The standard InChI is InChI=1S/C21H21N3O2/c22-15-18-4-1-3-17(13-18)7-8-21(26)24-11-9-23(10-12-24)16-19-5-2-6-20(25)14-19/h1-8,13-14,25H,9-12,16H2/b8-7+. The van der Waals surface area contributed by atoms with Gasteiger partial charge in [-0.05, 0) is 41.5 Å². The normalized spacial score (nSPS) is 15.1. The number of carbonyl (C=O) groups excluding carboxylic acids is 1. The van der Waals surface area contributed by atoms with E-state index < -0.39 is 0 Å². The van der Waals surface area contributed by atoms with Gasteiger partial charge in [-0.2, -0.15) is 5.26 Å². The fraction of sp³-hybridized carbons (Fsp3) is 0.238. The van der Waals surface area contributed by atoms with Gasteiger partial charge in [0.1, 0.15) is 5.75 Å². The molecule has 0 aromatic heterocycles. The second-order valence-electron chi connectivity index (χ2n) is 6.34. The van der Waals surface area contributed by atoms with Crippen LogP contribution < -0.4 is 0 Å². The lowest BCUT2D eigenvalue weighted by atomic mass is 10.1. The molecule has 1 saturated heterocycles. The molecule has 0 radical (unpaired) electrons. The number of piperazine rings is 1. The van der Waals surface area contributed by atoms with Crippen LogP contribution in [0.15, 0.2) is 54.6 Å². The molecule has 2 aromatic carbocycles. The fourth-order valence-electron chi connectivity index (χ4n) is 3.02. The van der Waals surface area contributed by atoms with E-state index in [1.807, 2.05) is 29.2 Å². The molecule has 26 heavy (non-hydrogen) atoms. The smallest absolute Gasteiger partial charge is 0.246 e. The van der Waals surface area contributed by atoms with E-state index in [1.165, 1.54) is 0 Å². The molecular weight excluding hydrogens is 326 g/mol. The predicted molar refractivity (Wildman–Crippen MR) is 100 cm³/mol. The van der Waals surface area contributed by atoms with Gasteiger partial charge in [0.2, 0.25) is 5.91 Å². The Kier molecular flexibility index (Phi) is 5.67. The number of phenolic OH excluding ortho intramolecular Hbond substituents is 1. The first-order valence-corrected chi connectivity index (χ1v) is 8.61. The predicted octanol–water partition coefficient (Wildman–Crippen LogP) is 2.62. The van der Waals surface area contributed by atoms with Crippen LogP contribution in [0.5, 0.6) is 5.75 Å². The first-order chi connectivity index (χ1) is 12.6. The van der Waals surface area contributed by atoms with Gasteiger partial charge in [0.25, 0.3) is 0 Å². The fourth-order valence-corrected chi connectivity index (χ4v) is 3.02. The summed E-state index contributed by atoms with van der Waals surface area (Å²) in [6.45, 7) is 3.74. The third-order valence-electron chi connectivity index (χ3n) is 4.43. The highest BCUT2D eigenvalue weighted by Crippen LogP contribution is 2.14. The molecule has 0 atom stereocenters. The molecule has 0 bridgehead atoms. The van der Waals surface area contributed by atoms with Crippen molar-refractivity contribution in [2.75, 3.05) is 26.2 Å². The van der Waals surface area contributed by atoms with Crippen LogP contribution in [0.4, 0.5) is 0 Å². The van der Waals surface area contributed by atoms with Crippen LogP contribution in [0.3, 0.4) is 0 Å². The topological polar surface area (TPSA) is 67.6 Å².